The molecule has 0 unspecified atom stereocenters. The van der Waals surface area contributed by atoms with Gasteiger partial charge < -0.3 is 9.55 Å². The van der Waals surface area contributed by atoms with Gasteiger partial charge in [0.15, 0.2) is 0 Å². The molecule has 1 aromatic carbocycles. The van der Waals surface area contributed by atoms with E-state index >= 15 is 0 Å². The van der Waals surface area contributed by atoms with Gasteiger partial charge in [0, 0.05) is 18.5 Å². The first-order valence-electron chi connectivity index (χ1n) is 6.61. The SMILES string of the molecule is Cc1nnc2c(=O)[nH]c3cc([N+](=O)[O-])c(-n4ccnc4)cc3n12. The summed E-state index contributed by atoms with van der Waals surface area (Å²) in [5.41, 5.74) is 0.776. The monoisotopic (exact) mass is 311 g/mol. The minimum absolute atomic E-state index is 0.139. The Hall–Kier alpha value is -3.56. The third kappa shape index (κ3) is 1.81. The fourth-order valence-electron chi connectivity index (χ4n) is 2.58. The summed E-state index contributed by atoms with van der Waals surface area (Å²) < 4.78 is 3.10. The van der Waals surface area contributed by atoms with Crippen molar-refractivity contribution < 1.29 is 4.92 Å². The first-order chi connectivity index (χ1) is 11.1. The smallest absolute Gasteiger partial charge is 0.295 e. The van der Waals surface area contributed by atoms with E-state index in [0.717, 1.165) is 0 Å². The number of nitrogens with one attached hydrogen (secondary N) is 1. The predicted molar refractivity (Wildman–Crippen MR) is 79.6 cm³/mol. The molecule has 0 saturated heterocycles. The van der Waals surface area contributed by atoms with Crippen molar-refractivity contribution >= 4 is 22.4 Å². The highest BCUT2D eigenvalue weighted by Crippen LogP contribution is 2.28. The molecule has 3 aromatic heterocycles. The molecule has 0 saturated carbocycles. The lowest BCUT2D eigenvalue weighted by molar-refractivity contribution is -0.384. The molecule has 23 heavy (non-hydrogen) atoms. The van der Waals surface area contributed by atoms with Crippen molar-refractivity contribution in [2.75, 3.05) is 0 Å². The lowest BCUT2D eigenvalue weighted by atomic mass is 10.2. The molecule has 4 aromatic rings. The van der Waals surface area contributed by atoms with E-state index in [9.17, 15) is 14.9 Å². The van der Waals surface area contributed by atoms with Crippen LogP contribution in [0.3, 0.4) is 0 Å². The van der Waals surface area contributed by atoms with Crippen molar-refractivity contribution in [3.8, 4) is 5.69 Å². The summed E-state index contributed by atoms with van der Waals surface area (Å²) in [7, 11) is 0. The summed E-state index contributed by atoms with van der Waals surface area (Å²) in [6, 6.07) is 2.93. The molecule has 0 amide bonds. The van der Waals surface area contributed by atoms with Gasteiger partial charge in [-0.15, -0.1) is 10.2 Å². The summed E-state index contributed by atoms with van der Waals surface area (Å²) in [6.07, 6.45) is 4.60. The number of aryl methyl sites for hydroxylation is 1. The standard InChI is InChI=1S/C13H9N7O3/c1-7-16-17-12-13(21)15-8-4-11(20(22)23)10(5-9(8)19(7)12)18-3-2-14-6-18/h2-6H,1H3,(H,15,21). The molecule has 114 valence electrons. The quantitative estimate of drug-likeness (QED) is 0.434. The molecule has 0 atom stereocenters. The maximum absolute atomic E-state index is 12.0. The van der Waals surface area contributed by atoms with Gasteiger partial charge in [-0.25, -0.2) is 4.98 Å². The van der Waals surface area contributed by atoms with Crippen LogP contribution in [-0.2, 0) is 0 Å². The van der Waals surface area contributed by atoms with Crippen LogP contribution in [-0.4, -0.2) is 34.1 Å². The van der Waals surface area contributed by atoms with Gasteiger partial charge >= 0.3 is 0 Å². The first kappa shape index (κ1) is 13.1. The van der Waals surface area contributed by atoms with E-state index < -0.39 is 10.5 Å². The third-order valence-electron chi connectivity index (χ3n) is 3.59. The number of imidazole rings is 1. The second-order valence-electron chi connectivity index (χ2n) is 4.95. The molecule has 0 bridgehead atoms. The van der Waals surface area contributed by atoms with E-state index in [-0.39, 0.29) is 11.3 Å². The van der Waals surface area contributed by atoms with Gasteiger partial charge in [0.05, 0.1) is 22.3 Å². The van der Waals surface area contributed by atoms with Crippen molar-refractivity contribution in [2.24, 2.45) is 0 Å². The van der Waals surface area contributed by atoms with E-state index in [1.165, 1.54) is 23.2 Å². The highest BCUT2D eigenvalue weighted by atomic mass is 16.6. The summed E-state index contributed by atoms with van der Waals surface area (Å²) in [5, 5.41) is 19.1. The van der Waals surface area contributed by atoms with Crippen molar-refractivity contribution in [3.63, 3.8) is 0 Å². The number of nitro groups is 1. The molecule has 0 aliphatic heterocycles. The maximum Gasteiger partial charge on any atom is 0.295 e. The van der Waals surface area contributed by atoms with Crippen LogP contribution < -0.4 is 5.56 Å². The summed E-state index contributed by atoms with van der Waals surface area (Å²) in [4.78, 5) is 29.4. The molecular formula is C13H9N7O3. The van der Waals surface area contributed by atoms with Gasteiger partial charge in [0.2, 0.25) is 5.65 Å². The number of rotatable bonds is 2. The van der Waals surface area contributed by atoms with Gasteiger partial charge in [-0.2, -0.15) is 0 Å². The number of aromatic nitrogens is 6. The number of hydrogen-bond donors (Lipinski definition) is 1. The molecule has 10 nitrogen and oxygen atoms in total. The fourth-order valence-corrected chi connectivity index (χ4v) is 2.58. The van der Waals surface area contributed by atoms with Crippen LogP contribution in [0.25, 0.3) is 22.4 Å². The van der Waals surface area contributed by atoms with Crippen LogP contribution in [0.1, 0.15) is 5.82 Å². The summed E-state index contributed by atoms with van der Waals surface area (Å²) >= 11 is 0. The van der Waals surface area contributed by atoms with Crippen LogP contribution in [0.4, 0.5) is 5.69 Å². The van der Waals surface area contributed by atoms with Gasteiger partial charge in [0.1, 0.15) is 11.5 Å². The average Bonchev–Trinajstić information content (AvgIpc) is 3.16. The predicted octanol–water partition coefficient (Wildman–Crippen LogP) is 0.973. The summed E-state index contributed by atoms with van der Waals surface area (Å²) in [5.74, 6) is 0.515. The molecule has 0 aliphatic carbocycles. The second-order valence-corrected chi connectivity index (χ2v) is 4.95. The van der Waals surface area contributed by atoms with E-state index in [2.05, 4.69) is 20.2 Å². The van der Waals surface area contributed by atoms with E-state index in [1.807, 2.05) is 0 Å². The Balaban J connectivity index is 2.21. The minimum Gasteiger partial charge on any atom is -0.317 e. The van der Waals surface area contributed by atoms with E-state index in [0.29, 0.717) is 22.5 Å². The molecule has 4 rings (SSSR count). The van der Waals surface area contributed by atoms with Gasteiger partial charge in [-0.1, -0.05) is 0 Å². The van der Waals surface area contributed by atoms with Crippen LogP contribution in [0, 0.1) is 17.0 Å². The van der Waals surface area contributed by atoms with Crippen molar-refractivity contribution in [1.82, 2.24) is 29.1 Å². The van der Waals surface area contributed by atoms with Crippen LogP contribution in [0.2, 0.25) is 0 Å². The number of aromatic amines is 1. The molecule has 10 heteroatoms. The average molecular weight is 311 g/mol. The number of H-pyrrole nitrogens is 1. The van der Waals surface area contributed by atoms with Crippen molar-refractivity contribution in [2.45, 2.75) is 6.92 Å². The van der Waals surface area contributed by atoms with Crippen molar-refractivity contribution in [1.29, 1.82) is 0 Å². The Morgan fingerprint density at radius 2 is 2.13 bits per heavy atom. The molecule has 3 heterocycles. The Bertz CT molecular complexity index is 1120. The zero-order valence-electron chi connectivity index (χ0n) is 11.8. The normalized spacial score (nSPS) is 11.3. The first-order valence-corrected chi connectivity index (χ1v) is 6.61. The van der Waals surface area contributed by atoms with Gasteiger partial charge in [-0.05, 0) is 13.0 Å². The number of benzene rings is 1. The van der Waals surface area contributed by atoms with Gasteiger partial charge in [-0.3, -0.25) is 19.3 Å². The molecule has 0 radical (unpaired) electrons. The fraction of sp³-hybridized carbons (Fsp3) is 0.0769. The largest absolute Gasteiger partial charge is 0.317 e. The topological polar surface area (TPSA) is 124 Å². The summed E-state index contributed by atoms with van der Waals surface area (Å²) in [6.45, 7) is 1.71. The Kier molecular flexibility index (Phi) is 2.55. The zero-order chi connectivity index (χ0) is 16.1. The van der Waals surface area contributed by atoms with Crippen LogP contribution in [0.5, 0.6) is 0 Å². The number of hydrogen-bond acceptors (Lipinski definition) is 6. The Labute approximate surface area is 127 Å². The molecule has 0 aliphatic rings. The number of fused-ring (bicyclic) bond motifs is 3. The highest BCUT2D eigenvalue weighted by Gasteiger charge is 2.20. The second kappa shape index (κ2) is 4.47. The highest BCUT2D eigenvalue weighted by molar-refractivity contribution is 5.84. The number of nitro benzene ring substituents is 1. The maximum atomic E-state index is 12.0. The molecule has 1 N–H and O–H groups in total. The third-order valence-corrected chi connectivity index (χ3v) is 3.59. The lowest BCUT2D eigenvalue weighted by Crippen LogP contribution is -2.12. The van der Waals surface area contributed by atoms with E-state index in [4.69, 9.17) is 0 Å². The van der Waals surface area contributed by atoms with Crippen LogP contribution >= 0.6 is 0 Å². The lowest BCUT2D eigenvalue weighted by Gasteiger charge is -2.08. The van der Waals surface area contributed by atoms with Crippen molar-refractivity contribution in [3.05, 3.63) is 57.1 Å². The van der Waals surface area contributed by atoms with Gasteiger partial charge in [0.25, 0.3) is 11.2 Å². The number of nitrogens with zero attached hydrogens (tertiary/aromatic N) is 6. The Morgan fingerprint density at radius 3 is 2.83 bits per heavy atom. The zero-order valence-corrected chi connectivity index (χ0v) is 11.8. The molecule has 0 fully saturated rings. The molecular weight excluding hydrogens is 302 g/mol. The Morgan fingerprint density at radius 1 is 1.30 bits per heavy atom. The molecule has 0 spiro atoms. The van der Waals surface area contributed by atoms with E-state index in [1.54, 1.807) is 23.6 Å². The minimum atomic E-state index is -0.504. The van der Waals surface area contributed by atoms with Crippen LogP contribution in [0.15, 0.2) is 35.6 Å².